The first-order valence-corrected chi connectivity index (χ1v) is 7.23. The van der Waals surface area contributed by atoms with Gasteiger partial charge in [-0.1, -0.05) is 6.08 Å². The Morgan fingerprint density at radius 2 is 1.87 bits per heavy atom. The van der Waals surface area contributed by atoms with Gasteiger partial charge < -0.3 is 23.7 Å². The number of carbonyl (C=O) groups excluding carboxylic acids is 1. The number of ether oxygens (including phenoxy) is 5. The van der Waals surface area contributed by atoms with Gasteiger partial charge in [-0.05, 0) is 25.5 Å². The van der Waals surface area contributed by atoms with Gasteiger partial charge in [-0.15, -0.1) is 6.58 Å². The van der Waals surface area contributed by atoms with Gasteiger partial charge in [-0.3, -0.25) is 0 Å². The second-order valence-electron chi connectivity index (χ2n) is 4.96. The average molecular weight is 324 g/mol. The van der Waals surface area contributed by atoms with Crippen molar-refractivity contribution in [3.63, 3.8) is 0 Å². The predicted molar refractivity (Wildman–Crippen MR) is 85.9 cm³/mol. The van der Waals surface area contributed by atoms with Crippen LogP contribution in [0.2, 0.25) is 0 Å². The Kier molecular flexibility index (Phi) is 8.15. The molecule has 1 unspecified atom stereocenters. The highest BCUT2D eigenvalue weighted by Gasteiger charge is 2.21. The molecule has 0 radical (unpaired) electrons. The molecule has 0 saturated heterocycles. The van der Waals surface area contributed by atoms with Crippen molar-refractivity contribution in [1.29, 1.82) is 0 Å². The normalized spacial score (nSPS) is 11.7. The highest BCUT2D eigenvalue weighted by atomic mass is 16.7. The molecule has 1 atom stereocenters. The molecule has 0 aliphatic rings. The lowest BCUT2D eigenvalue weighted by Crippen LogP contribution is -2.17. The summed E-state index contributed by atoms with van der Waals surface area (Å²) in [5, 5.41) is 0. The van der Waals surface area contributed by atoms with Gasteiger partial charge in [0.25, 0.3) is 0 Å². The number of rotatable bonds is 10. The van der Waals surface area contributed by atoms with E-state index in [0.29, 0.717) is 29.0 Å². The molecule has 6 nitrogen and oxygen atoms in total. The van der Waals surface area contributed by atoms with Gasteiger partial charge in [-0.2, -0.15) is 0 Å². The summed E-state index contributed by atoms with van der Waals surface area (Å²) in [7, 11) is 3.03. The Morgan fingerprint density at radius 3 is 2.48 bits per heavy atom. The molecular weight excluding hydrogens is 300 g/mol. The number of aryl methyl sites for hydroxylation is 1. The van der Waals surface area contributed by atoms with Gasteiger partial charge in [-0.25, -0.2) is 4.79 Å². The molecule has 0 fully saturated rings. The molecule has 0 spiro atoms. The van der Waals surface area contributed by atoms with Crippen LogP contribution >= 0.6 is 0 Å². The second kappa shape index (κ2) is 9.86. The number of carbonyl (C=O) groups is 1. The van der Waals surface area contributed by atoms with E-state index in [-0.39, 0.29) is 19.7 Å². The molecule has 23 heavy (non-hydrogen) atoms. The highest BCUT2D eigenvalue weighted by Crippen LogP contribution is 2.30. The minimum atomic E-state index is -0.457. The summed E-state index contributed by atoms with van der Waals surface area (Å²) < 4.78 is 26.1. The molecule has 0 aromatic heterocycles. The third-order valence-corrected chi connectivity index (χ3v) is 2.96. The molecule has 1 aromatic carbocycles. The van der Waals surface area contributed by atoms with Gasteiger partial charge in [0.15, 0.2) is 13.6 Å². The van der Waals surface area contributed by atoms with E-state index < -0.39 is 5.97 Å². The monoisotopic (exact) mass is 324 g/mol. The zero-order valence-electron chi connectivity index (χ0n) is 14.1. The number of methoxy groups -OCH3 is 2. The summed E-state index contributed by atoms with van der Waals surface area (Å²) in [6, 6.07) is 3.34. The molecule has 0 amide bonds. The van der Waals surface area contributed by atoms with Crippen LogP contribution in [0.4, 0.5) is 0 Å². The lowest BCUT2D eigenvalue weighted by atomic mass is 10.1. The van der Waals surface area contributed by atoms with Gasteiger partial charge in [0.2, 0.25) is 0 Å². The zero-order chi connectivity index (χ0) is 17.2. The van der Waals surface area contributed by atoms with Crippen molar-refractivity contribution >= 4 is 5.97 Å². The van der Waals surface area contributed by atoms with Crippen molar-refractivity contribution in [3.05, 3.63) is 35.9 Å². The Labute approximate surface area is 136 Å². The molecule has 0 aliphatic heterocycles. The Morgan fingerprint density at radius 1 is 1.22 bits per heavy atom. The average Bonchev–Trinajstić information content (AvgIpc) is 2.50. The maximum absolute atomic E-state index is 12.4. The summed E-state index contributed by atoms with van der Waals surface area (Å²) in [5.41, 5.74) is 1.03. The topological polar surface area (TPSA) is 63.2 Å². The molecule has 0 aliphatic carbocycles. The quantitative estimate of drug-likeness (QED) is 0.374. The van der Waals surface area contributed by atoms with E-state index in [2.05, 4.69) is 6.58 Å². The second-order valence-corrected chi connectivity index (χ2v) is 4.96. The van der Waals surface area contributed by atoms with Crippen LogP contribution in [-0.2, 0) is 14.2 Å². The van der Waals surface area contributed by atoms with E-state index in [1.165, 1.54) is 14.2 Å². The van der Waals surface area contributed by atoms with Crippen LogP contribution in [0, 0.1) is 6.92 Å². The predicted octanol–water partition coefficient (Wildman–Crippen LogP) is 3.08. The summed E-state index contributed by atoms with van der Waals surface area (Å²) in [6.07, 6.45) is 2.02. The van der Waals surface area contributed by atoms with Crippen molar-refractivity contribution in [2.45, 2.75) is 26.4 Å². The summed E-state index contributed by atoms with van der Waals surface area (Å²) in [6.45, 7) is 7.34. The molecule has 0 saturated carbocycles. The summed E-state index contributed by atoms with van der Waals surface area (Å²) >= 11 is 0. The number of esters is 1. The van der Waals surface area contributed by atoms with Gasteiger partial charge in [0.1, 0.15) is 23.2 Å². The fourth-order valence-corrected chi connectivity index (χ4v) is 1.96. The van der Waals surface area contributed by atoms with Gasteiger partial charge >= 0.3 is 5.97 Å². The Balaban J connectivity index is 3.06. The molecule has 0 N–H and O–H groups in total. The van der Waals surface area contributed by atoms with E-state index in [9.17, 15) is 4.79 Å². The van der Waals surface area contributed by atoms with Crippen molar-refractivity contribution in [2.24, 2.45) is 0 Å². The van der Waals surface area contributed by atoms with Crippen LogP contribution in [0.15, 0.2) is 24.8 Å². The van der Waals surface area contributed by atoms with Crippen molar-refractivity contribution < 1.29 is 28.5 Å². The van der Waals surface area contributed by atoms with Crippen LogP contribution in [0.3, 0.4) is 0 Å². The smallest absolute Gasteiger partial charge is 0.342 e. The van der Waals surface area contributed by atoms with Gasteiger partial charge in [0, 0.05) is 26.7 Å². The first-order chi connectivity index (χ1) is 11.0. The molecular formula is C17H24O6. The molecule has 0 bridgehead atoms. The van der Waals surface area contributed by atoms with E-state index in [1.807, 2.05) is 0 Å². The maximum Gasteiger partial charge on any atom is 0.342 e. The minimum absolute atomic E-state index is 0.00959. The minimum Gasteiger partial charge on any atom is -0.467 e. The van der Waals surface area contributed by atoms with Crippen molar-refractivity contribution in [3.8, 4) is 11.5 Å². The van der Waals surface area contributed by atoms with Gasteiger partial charge in [0.05, 0.1) is 0 Å². The molecule has 0 heterocycles. The standard InChI is InChI=1S/C17H24O6/c1-6-7-13(3)23-17(18)16-12(2)8-14(21-10-19-4)9-15(16)22-11-20-5/h6,8-9,13H,1,7,10-11H2,2-5H3. The van der Waals surface area contributed by atoms with E-state index in [4.69, 9.17) is 23.7 Å². The Bertz CT molecular complexity index is 526. The number of benzene rings is 1. The summed E-state index contributed by atoms with van der Waals surface area (Å²) in [5.74, 6) is 0.418. The molecule has 128 valence electrons. The molecule has 1 aromatic rings. The zero-order valence-corrected chi connectivity index (χ0v) is 14.1. The lowest BCUT2D eigenvalue weighted by Gasteiger charge is -2.17. The van der Waals surface area contributed by atoms with E-state index in [0.717, 1.165) is 0 Å². The number of hydrogen-bond donors (Lipinski definition) is 0. The summed E-state index contributed by atoms with van der Waals surface area (Å²) in [4.78, 5) is 12.4. The fraction of sp³-hybridized carbons (Fsp3) is 0.471. The Hall–Kier alpha value is -2.05. The lowest BCUT2D eigenvalue weighted by molar-refractivity contribution is 0.0309. The van der Waals surface area contributed by atoms with Crippen LogP contribution in [0.5, 0.6) is 11.5 Å². The third kappa shape index (κ3) is 5.92. The van der Waals surface area contributed by atoms with E-state index >= 15 is 0 Å². The van der Waals surface area contributed by atoms with E-state index in [1.54, 1.807) is 32.1 Å². The number of hydrogen-bond acceptors (Lipinski definition) is 6. The van der Waals surface area contributed by atoms with Crippen LogP contribution in [-0.4, -0.2) is 39.9 Å². The largest absolute Gasteiger partial charge is 0.467 e. The highest BCUT2D eigenvalue weighted by molar-refractivity contribution is 5.94. The first-order valence-electron chi connectivity index (χ1n) is 7.23. The van der Waals surface area contributed by atoms with Crippen molar-refractivity contribution in [2.75, 3.05) is 27.8 Å². The third-order valence-electron chi connectivity index (χ3n) is 2.96. The first kappa shape index (κ1) is 19.0. The fourth-order valence-electron chi connectivity index (χ4n) is 1.96. The maximum atomic E-state index is 12.4. The SMILES string of the molecule is C=CCC(C)OC(=O)c1c(C)cc(OCOC)cc1OCOC. The van der Waals surface area contributed by atoms with Crippen LogP contribution in [0.25, 0.3) is 0 Å². The van der Waals surface area contributed by atoms with Crippen LogP contribution in [0.1, 0.15) is 29.3 Å². The van der Waals surface area contributed by atoms with Crippen LogP contribution < -0.4 is 9.47 Å². The molecule has 1 rings (SSSR count). The van der Waals surface area contributed by atoms with Crippen molar-refractivity contribution in [1.82, 2.24) is 0 Å². The molecule has 6 heteroatoms.